The third kappa shape index (κ3) is 8.90. The topological polar surface area (TPSA) is 50.9 Å². The van der Waals surface area contributed by atoms with Gasteiger partial charge in [-0.1, -0.05) is 25.7 Å². The monoisotopic (exact) mass is 499 g/mol. The number of aliphatic hydroxyl groups is 1. The van der Waals surface area contributed by atoms with Crippen molar-refractivity contribution >= 4 is 23.9 Å². The number of rotatable bonds is 16. The number of hydrogen-bond acceptors (Lipinski definition) is 3. The van der Waals surface area contributed by atoms with E-state index in [-0.39, 0.29) is 15.0 Å². The van der Waals surface area contributed by atoms with Crippen molar-refractivity contribution in [2.75, 3.05) is 6.61 Å². The number of unbranched alkanes of at least 4 members (excludes halogenated alkanes) is 10. The van der Waals surface area contributed by atoms with E-state index >= 15 is 0 Å². The molecule has 1 heterocycles. The minimum absolute atomic E-state index is 0.253. The second-order valence-electron chi connectivity index (χ2n) is 8.40. The van der Waals surface area contributed by atoms with Gasteiger partial charge in [0.25, 0.3) is 0 Å². The van der Waals surface area contributed by atoms with Crippen molar-refractivity contribution in [2.45, 2.75) is 77.0 Å². The molecule has 0 bridgehead atoms. The second kappa shape index (κ2) is 15.0. The van der Waals surface area contributed by atoms with Gasteiger partial charge in [-0.2, -0.15) is 0 Å². The molecule has 4 nitrogen and oxygen atoms in total. The summed E-state index contributed by atoms with van der Waals surface area (Å²) in [6.45, 7) is 0.346. The van der Waals surface area contributed by atoms with E-state index in [1.807, 2.05) is 4.68 Å². The number of hydrogen-bond donors (Lipinski definition) is 1. The Morgan fingerprint density at radius 1 is 0.688 bits per heavy atom. The summed E-state index contributed by atoms with van der Waals surface area (Å²) in [5.41, 5.74) is 2.24. The SMILES string of the molecule is OCCCCCCCCCCCCCc1cn(-c2ccccc2[Se]c2ccccc2)nn1. The molecule has 0 atom stereocenters. The quantitative estimate of drug-likeness (QED) is 0.229. The van der Waals surface area contributed by atoms with Crippen LogP contribution in [0.5, 0.6) is 0 Å². The second-order valence-corrected chi connectivity index (χ2v) is 10.7. The zero-order valence-corrected chi connectivity index (χ0v) is 20.9. The van der Waals surface area contributed by atoms with Crippen molar-refractivity contribution in [3.8, 4) is 5.69 Å². The van der Waals surface area contributed by atoms with Gasteiger partial charge in [-0.3, -0.25) is 0 Å². The van der Waals surface area contributed by atoms with Crippen molar-refractivity contribution in [2.24, 2.45) is 0 Å². The molecule has 0 fully saturated rings. The number of aliphatic hydroxyl groups excluding tert-OH is 1. The average molecular weight is 499 g/mol. The first kappa shape index (κ1) is 24.7. The fourth-order valence-corrected chi connectivity index (χ4v) is 5.90. The van der Waals surface area contributed by atoms with Gasteiger partial charge in [-0.05, 0) is 6.42 Å². The van der Waals surface area contributed by atoms with Crippen LogP contribution in [0.4, 0.5) is 0 Å². The third-order valence-electron chi connectivity index (χ3n) is 5.71. The van der Waals surface area contributed by atoms with Crippen LogP contribution in [0.1, 0.15) is 76.3 Å². The van der Waals surface area contributed by atoms with Crippen LogP contribution < -0.4 is 8.92 Å². The van der Waals surface area contributed by atoms with Gasteiger partial charge >= 0.3 is 156 Å². The molecule has 1 N–H and O–H groups in total. The molecule has 0 aliphatic rings. The summed E-state index contributed by atoms with van der Waals surface area (Å²) in [5.74, 6) is 0. The van der Waals surface area contributed by atoms with Gasteiger partial charge in [0, 0.05) is 6.61 Å². The van der Waals surface area contributed by atoms with E-state index in [2.05, 4.69) is 71.1 Å². The van der Waals surface area contributed by atoms with E-state index in [0.29, 0.717) is 6.61 Å². The molecule has 0 aliphatic carbocycles. The Morgan fingerprint density at radius 2 is 1.28 bits per heavy atom. The summed E-state index contributed by atoms with van der Waals surface area (Å²) in [5, 5.41) is 17.6. The summed E-state index contributed by atoms with van der Waals surface area (Å²) >= 11 is 0.253. The molecule has 32 heavy (non-hydrogen) atoms. The molecule has 0 saturated heterocycles. The van der Waals surface area contributed by atoms with Gasteiger partial charge < -0.3 is 5.11 Å². The number of aromatic nitrogens is 3. The van der Waals surface area contributed by atoms with Crippen molar-refractivity contribution in [3.63, 3.8) is 0 Å². The van der Waals surface area contributed by atoms with Crippen molar-refractivity contribution in [1.29, 1.82) is 0 Å². The Hall–Kier alpha value is -1.94. The van der Waals surface area contributed by atoms with Gasteiger partial charge in [-0.25, -0.2) is 0 Å². The van der Waals surface area contributed by atoms with Crippen molar-refractivity contribution in [3.05, 3.63) is 66.5 Å². The number of aryl methyl sites for hydroxylation is 1. The van der Waals surface area contributed by atoms with Crippen LogP contribution in [0.25, 0.3) is 5.69 Å². The first-order valence-electron chi connectivity index (χ1n) is 12.2. The molecule has 0 spiro atoms. The molecule has 5 heteroatoms. The molecule has 1 aromatic heterocycles. The third-order valence-corrected chi connectivity index (χ3v) is 7.97. The van der Waals surface area contributed by atoms with Crippen LogP contribution in [-0.4, -0.2) is 41.7 Å². The Morgan fingerprint density at radius 3 is 1.97 bits per heavy atom. The van der Waals surface area contributed by atoms with Crippen LogP contribution in [-0.2, 0) is 6.42 Å². The minimum atomic E-state index is 0.253. The molecule has 0 radical (unpaired) electrons. The van der Waals surface area contributed by atoms with Crippen LogP contribution in [0.2, 0.25) is 0 Å². The van der Waals surface area contributed by atoms with Gasteiger partial charge in [0.05, 0.1) is 0 Å². The maximum atomic E-state index is 8.79. The van der Waals surface area contributed by atoms with Gasteiger partial charge in [0.15, 0.2) is 0 Å². The standard InChI is InChI=1S/C27H37N3OSe/c31-22-16-9-7-5-3-1-2-4-6-8-11-17-24-23-30(29-28-24)26-20-14-15-21-27(26)32-25-18-12-10-13-19-25/h10,12-15,18-21,23,31H,1-9,11,16-17,22H2. The van der Waals surface area contributed by atoms with Crippen LogP contribution in [0.3, 0.4) is 0 Å². The Labute approximate surface area is 199 Å². The average Bonchev–Trinajstić information content (AvgIpc) is 3.29. The predicted molar refractivity (Wildman–Crippen MR) is 134 cm³/mol. The first-order valence-corrected chi connectivity index (χ1v) is 13.9. The molecular formula is C27H37N3OSe. The van der Waals surface area contributed by atoms with Gasteiger partial charge in [0.2, 0.25) is 0 Å². The molecule has 0 amide bonds. The fourth-order valence-electron chi connectivity index (χ4n) is 3.89. The Bertz CT molecular complexity index is 881. The summed E-state index contributed by atoms with van der Waals surface area (Å²) < 4.78 is 4.65. The fraction of sp³-hybridized carbons (Fsp3) is 0.481. The normalized spacial score (nSPS) is 11.2. The van der Waals surface area contributed by atoms with Gasteiger partial charge in [0.1, 0.15) is 0 Å². The van der Waals surface area contributed by atoms with Crippen LogP contribution >= 0.6 is 0 Å². The van der Waals surface area contributed by atoms with Crippen LogP contribution in [0, 0.1) is 0 Å². The predicted octanol–water partition coefficient (Wildman–Crippen LogP) is 4.75. The van der Waals surface area contributed by atoms with E-state index in [0.717, 1.165) is 24.2 Å². The van der Waals surface area contributed by atoms with E-state index in [4.69, 9.17) is 5.11 Å². The molecule has 172 valence electrons. The number of para-hydroxylation sites is 1. The van der Waals surface area contributed by atoms with Crippen LogP contribution in [0.15, 0.2) is 60.8 Å². The Balaban J connectivity index is 1.34. The maximum absolute atomic E-state index is 8.79. The summed E-state index contributed by atoms with van der Waals surface area (Å²) in [6.07, 6.45) is 17.1. The molecule has 0 aliphatic heterocycles. The van der Waals surface area contributed by atoms with Gasteiger partial charge in [-0.15, -0.1) is 0 Å². The van der Waals surface area contributed by atoms with E-state index in [1.165, 1.54) is 73.1 Å². The molecular weight excluding hydrogens is 461 g/mol. The van der Waals surface area contributed by atoms with E-state index in [9.17, 15) is 0 Å². The molecule has 0 saturated carbocycles. The molecule has 3 rings (SSSR count). The summed E-state index contributed by atoms with van der Waals surface area (Å²) in [6, 6.07) is 19.2. The molecule has 2 aromatic carbocycles. The van der Waals surface area contributed by atoms with Crippen molar-refractivity contribution in [1.82, 2.24) is 15.0 Å². The Kier molecular flexibility index (Phi) is 11.6. The zero-order chi connectivity index (χ0) is 22.3. The zero-order valence-electron chi connectivity index (χ0n) is 19.2. The summed E-state index contributed by atoms with van der Waals surface area (Å²) in [7, 11) is 0. The molecule has 0 unspecified atom stereocenters. The first-order chi connectivity index (χ1) is 15.9. The molecule has 3 aromatic rings. The van der Waals surface area contributed by atoms with Crippen molar-refractivity contribution < 1.29 is 5.11 Å². The summed E-state index contributed by atoms with van der Waals surface area (Å²) in [4.78, 5) is 0. The number of benzene rings is 2. The number of nitrogens with zero attached hydrogens (tertiary/aromatic N) is 3. The van der Waals surface area contributed by atoms with E-state index < -0.39 is 0 Å². The van der Waals surface area contributed by atoms with E-state index in [1.54, 1.807) is 0 Å².